The Hall–Kier alpha value is -2.51. The van der Waals surface area contributed by atoms with E-state index in [1.165, 1.54) is 0 Å². The van der Waals surface area contributed by atoms with Gasteiger partial charge in [-0.05, 0) is 36.6 Å². The van der Waals surface area contributed by atoms with Gasteiger partial charge in [0.2, 0.25) is 10.0 Å². The molecule has 0 spiro atoms. The first-order valence-electron chi connectivity index (χ1n) is 9.18. The third kappa shape index (κ3) is 3.94. The van der Waals surface area contributed by atoms with Gasteiger partial charge in [-0.1, -0.05) is 36.8 Å². The van der Waals surface area contributed by atoms with Crippen molar-refractivity contribution in [3.8, 4) is 0 Å². The highest BCUT2D eigenvalue weighted by Crippen LogP contribution is 2.23. The maximum atomic E-state index is 12.8. The third-order valence-corrected chi connectivity index (χ3v) is 6.68. The monoisotopic (exact) mass is 382 g/mol. The first-order valence-corrected chi connectivity index (χ1v) is 10.6. The zero-order valence-corrected chi connectivity index (χ0v) is 15.8. The highest BCUT2D eigenvalue weighted by molar-refractivity contribution is 7.89. The van der Waals surface area contributed by atoms with Crippen LogP contribution >= 0.6 is 0 Å². The third-order valence-electron chi connectivity index (χ3n) is 4.78. The Balaban J connectivity index is 1.55. The smallest absolute Gasteiger partial charge is 0.243 e. The van der Waals surface area contributed by atoms with Crippen LogP contribution in [0.2, 0.25) is 0 Å². The van der Waals surface area contributed by atoms with Gasteiger partial charge in [-0.25, -0.2) is 13.4 Å². The average molecular weight is 382 g/mol. The molecular weight excluding hydrogens is 360 g/mol. The molecule has 2 heterocycles. The summed E-state index contributed by atoms with van der Waals surface area (Å²) < 4.78 is 27.2. The van der Waals surface area contributed by atoms with Crippen molar-refractivity contribution in [2.75, 3.05) is 18.4 Å². The van der Waals surface area contributed by atoms with Gasteiger partial charge in [-0.15, -0.1) is 0 Å². The lowest BCUT2D eigenvalue weighted by molar-refractivity contribution is 0.346. The first kappa shape index (κ1) is 17.9. The quantitative estimate of drug-likeness (QED) is 0.732. The van der Waals surface area contributed by atoms with Crippen molar-refractivity contribution >= 4 is 26.9 Å². The summed E-state index contributed by atoms with van der Waals surface area (Å²) in [6, 6.07) is 15.0. The fraction of sp³-hybridized carbons (Fsp3) is 0.300. The molecule has 0 unspecified atom stereocenters. The van der Waals surface area contributed by atoms with E-state index < -0.39 is 10.0 Å². The van der Waals surface area contributed by atoms with Gasteiger partial charge in [0.05, 0.1) is 22.1 Å². The van der Waals surface area contributed by atoms with E-state index in [0.717, 1.165) is 24.8 Å². The van der Waals surface area contributed by atoms with Crippen LogP contribution in [0, 0.1) is 0 Å². The standard InChI is InChI=1S/C20H22N4O2S/c25-27(26,24-11-5-2-6-12-24)17-9-10-18-19(13-17)21-15-20(23-18)22-14-16-7-3-1-4-8-16/h1,3-4,7-10,13,15H,2,5-6,11-12,14H2,(H,22,23). The highest BCUT2D eigenvalue weighted by Gasteiger charge is 2.26. The SMILES string of the molecule is O=S(=O)(c1ccc2nc(NCc3ccccc3)cnc2c1)N1CCCCC1. The molecule has 3 aromatic rings. The van der Waals surface area contributed by atoms with Gasteiger partial charge < -0.3 is 5.32 Å². The average Bonchev–Trinajstić information content (AvgIpc) is 2.73. The van der Waals surface area contributed by atoms with Crippen LogP contribution in [0.1, 0.15) is 24.8 Å². The maximum Gasteiger partial charge on any atom is 0.243 e. The van der Waals surface area contributed by atoms with Crippen LogP contribution in [0.25, 0.3) is 11.0 Å². The highest BCUT2D eigenvalue weighted by atomic mass is 32.2. The lowest BCUT2D eigenvalue weighted by atomic mass is 10.2. The Morgan fingerprint density at radius 3 is 2.52 bits per heavy atom. The van der Waals surface area contributed by atoms with Crippen molar-refractivity contribution in [3.05, 3.63) is 60.3 Å². The topological polar surface area (TPSA) is 75.2 Å². The molecule has 0 atom stereocenters. The van der Waals surface area contributed by atoms with E-state index in [1.54, 1.807) is 28.7 Å². The summed E-state index contributed by atoms with van der Waals surface area (Å²) in [6.07, 6.45) is 4.57. The van der Waals surface area contributed by atoms with E-state index in [0.29, 0.717) is 36.5 Å². The van der Waals surface area contributed by atoms with Crippen molar-refractivity contribution in [1.82, 2.24) is 14.3 Å². The molecule has 0 saturated carbocycles. The minimum absolute atomic E-state index is 0.288. The number of hydrogen-bond acceptors (Lipinski definition) is 5. The molecule has 0 amide bonds. The van der Waals surface area contributed by atoms with Crippen molar-refractivity contribution in [3.63, 3.8) is 0 Å². The Morgan fingerprint density at radius 2 is 1.74 bits per heavy atom. The second-order valence-electron chi connectivity index (χ2n) is 6.71. The van der Waals surface area contributed by atoms with Crippen molar-refractivity contribution in [2.45, 2.75) is 30.7 Å². The summed E-state index contributed by atoms with van der Waals surface area (Å²) in [5.74, 6) is 0.665. The second-order valence-corrected chi connectivity index (χ2v) is 8.65. The lowest BCUT2D eigenvalue weighted by Gasteiger charge is -2.25. The molecule has 1 saturated heterocycles. The zero-order chi connectivity index (χ0) is 18.7. The molecule has 1 N–H and O–H groups in total. The van der Waals surface area contributed by atoms with Gasteiger partial charge in [0.25, 0.3) is 0 Å². The van der Waals surface area contributed by atoms with Crippen LogP contribution in [0.5, 0.6) is 0 Å². The minimum Gasteiger partial charge on any atom is -0.365 e. The van der Waals surface area contributed by atoms with Crippen LogP contribution < -0.4 is 5.32 Å². The van der Waals surface area contributed by atoms with Gasteiger partial charge in [-0.2, -0.15) is 4.31 Å². The normalized spacial score (nSPS) is 15.7. The molecule has 1 aliphatic rings. The van der Waals surface area contributed by atoms with Crippen molar-refractivity contribution in [1.29, 1.82) is 0 Å². The molecule has 0 aliphatic carbocycles. The summed E-state index contributed by atoms with van der Waals surface area (Å²) in [5.41, 5.74) is 2.41. The van der Waals surface area contributed by atoms with Crippen LogP contribution in [-0.2, 0) is 16.6 Å². The van der Waals surface area contributed by atoms with E-state index in [4.69, 9.17) is 0 Å². The Labute approximate surface area is 159 Å². The van der Waals surface area contributed by atoms with E-state index >= 15 is 0 Å². The number of rotatable bonds is 5. The summed E-state index contributed by atoms with van der Waals surface area (Å²) in [7, 11) is -3.46. The lowest BCUT2D eigenvalue weighted by Crippen LogP contribution is -2.35. The van der Waals surface area contributed by atoms with Crippen LogP contribution in [0.15, 0.2) is 59.6 Å². The van der Waals surface area contributed by atoms with Gasteiger partial charge in [0, 0.05) is 19.6 Å². The fourth-order valence-corrected chi connectivity index (χ4v) is 4.82. The molecule has 1 aliphatic heterocycles. The minimum atomic E-state index is -3.46. The van der Waals surface area contributed by atoms with Crippen LogP contribution in [-0.4, -0.2) is 35.8 Å². The molecule has 7 heteroatoms. The predicted octanol–water partition coefficient (Wildman–Crippen LogP) is 3.42. The maximum absolute atomic E-state index is 12.8. The van der Waals surface area contributed by atoms with Gasteiger partial charge >= 0.3 is 0 Å². The number of fused-ring (bicyclic) bond motifs is 1. The van der Waals surface area contributed by atoms with Crippen LogP contribution in [0.3, 0.4) is 0 Å². The summed E-state index contributed by atoms with van der Waals surface area (Å²) in [5, 5.41) is 3.25. The van der Waals surface area contributed by atoms with Gasteiger partial charge in [-0.3, -0.25) is 4.98 Å². The second kappa shape index (κ2) is 7.62. The number of benzene rings is 2. The van der Waals surface area contributed by atoms with E-state index in [-0.39, 0.29) is 4.90 Å². The summed E-state index contributed by atoms with van der Waals surface area (Å²) in [6.45, 7) is 1.84. The number of piperidine rings is 1. The molecule has 0 bridgehead atoms. The zero-order valence-electron chi connectivity index (χ0n) is 15.0. The molecular formula is C20H22N4O2S. The number of aromatic nitrogens is 2. The summed E-state index contributed by atoms with van der Waals surface area (Å²) in [4.78, 5) is 9.24. The van der Waals surface area contributed by atoms with Crippen LogP contribution in [0.4, 0.5) is 5.82 Å². The first-order chi connectivity index (χ1) is 13.1. The molecule has 1 aromatic heterocycles. The molecule has 1 fully saturated rings. The molecule has 2 aromatic carbocycles. The molecule has 0 radical (unpaired) electrons. The predicted molar refractivity (Wildman–Crippen MR) is 106 cm³/mol. The van der Waals surface area contributed by atoms with Gasteiger partial charge in [0.1, 0.15) is 5.82 Å². The molecule has 6 nitrogen and oxygen atoms in total. The number of nitrogens with zero attached hydrogens (tertiary/aromatic N) is 3. The molecule has 140 valence electrons. The summed E-state index contributed by atoms with van der Waals surface area (Å²) >= 11 is 0. The van der Waals surface area contributed by atoms with Crippen molar-refractivity contribution < 1.29 is 8.42 Å². The van der Waals surface area contributed by atoms with Gasteiger partial charge in [0.15, 0.2) is 0 Å². The molecule has 27 heavy (non-hydrogen) atoms. The largest absolute Gasteiger partial charge is 0.365 e. The van der Waals surface area contributed by atoms with E-state index in [1.807, 2.05) is 30.3 Å². The Morgan fingerprint density at radius 1 is 0.963 bits per heavy atom. The Kier molecular flexibility index (Phi) is 5.05. The van der Waals surface area contributed by atoms with E-state index in [2.05, 4.69) is 15.3 Å². The Bertz CT molecular complexity index is 1030. The number of sulfonamides is 1. The van der Waals surface area contributed by atoms with Crippen molar-refractivity contribution in [2.24, 2.45) is 0 Å². The fourth-order valence-electron chi connectivity index (χ4n) is 3.28. The number of hydrogen-bond donors (Lipinski definition) is 1. The molecule has 4 rings (SSSR count). The number of anilines is 1. The number of nitrogens with one attached hydrogen (secondary N) is 1. The van der Waals surface area contributed by atoms with E-state index in [9.17, 15) is 8.42 Å².